The van der Waals surface area contributed by atoms with Gasteiger partial charge < -0.3 is 9.47 Å². The zero-order valence-corrected chi connectivity index (χ0v) is 20.5. The molecule has 0 spiro atoms. The molecule has 0 atom stereocenters. The van der Waals surface area contributed by atoms with Crippen molar-refractivity contribution in [3.8, 4) is 16.9 Å². The molecule has 4 rings (SSSR count). The molecule has 1 aliphatic rings. The van der Waals surface area contributed by atoms with Crippen LogP contribution in [0.3, 0.4) is 0 Å². The van der Waals surface area contributed by atoms with Gasteiger partial charge in [0.15, 0.2) is 11.6 Å². The van der Waals surface area contributed by atoms with Crippen molar-refractivity contribution >= 4 is 0 Å². The van der Waals surface area contributed by atoms with Gasteiger partial charge in [-0.3, -0.25) is 0 Å². The topological polar surface area (TPSA) is 18.5 Å². The van der Waals surface area contributed by atoms with Crippen LogP contribution in [-0.4, -0.2) is 13.7 Å². The van der Waals surface area contributed by atoms with Crippen molar-refractivity contribution in [2.24, 2.45) is 5.92 Å². The van der Waals surface area contributed by atoms with Gasteiger partial charge in [-0.2, -0.15) is 0 Å². The Kier molecular flexibility index (Phi) is 8.50. The lowest BCUT2D eigenvalue weighted by Crippen LogP contribution is -2.15. The van der Waals surface area contributed by atoms with Gasteiger partial charge in [0.1, 0.15) is 11.6 Å². The smallest absolute Gasteiger partial charge is 0.166 e. The van der Waals surface area contributed by atoms with Gasteiger partial charge in [0, 0.05) is 17.7 Å². The van der Waals surface area contributed by atoms with Crippen LogP contribution in [0.5, 0.6) is 5.75 Å². The normalized spacial score (nSPS) is 18.0. The minimum absolute atomic E-state index is 0.200. The van der Waals surface area contributed by atoms with Gasteiger partial charge in [-0.25, -0.2) is 13.2 Å². The molecule has 1 aliphatic carbocycles. The number of benzene rings is 3. The minimum atomic E-state index is -0.800. The van der Waals surface area contributed by atoms with Crippen LogP contribution in [0, 0.1) is 23.4 Å². The van der Waals surface area contributed by atoms with Crippen molar-refractivity contribution in [3.05, 3.63) is 88.7 Å². The molecule has 5 heteroatoms. The van der Waals surface area contributed by atoms with Gasteiger partial charge in [-0.15, -0.1) is 0 Å². The Hall–Kier alpha value is -2.79. The Bertz CT molecular complexity index is 1120. The monoisotopic (exact) mass is 482 g/mol. The molecule has 1 saturated carbocycles. The predicted octanol–water partition coefficient (Wildman–Crippen LogP) is 8.22. The van der Waals surface area contributed by atoms with E-state index < -0.39 is 11.6 Å². The molecular weight excluding hydrogens is 449 g/mol. The minimum Gasteiger partial charge on any atom is -0.497 e. The maximum Gasteiger partial charge on any atom is 0.166 e. The molecule has 3 aromatic carbocycles. The highest BCUT2D eigenvalue weighted by atomic mass is 19.2. The summed E-state index contributed by atoms with van der Waals surface area (Å²) >= 11 is 0. The molecule has 2 nitrogen and oxygen atoms in total. The molecule has 0 bridgehead atoms. The van der Waals surface area contributed by atoms with E-state index in [1.807, 2.05) is 19.1 Å². The summed E-state index contributed by atoms with van der Waals surface area (Å²) in [4.78, 5) is 0. The molecule has 3 aromatic rings. The molecule has 0 radical (unpaired) electrons. The number of hydrogen-bond donors (Lipinski definition) is 0. The van der Waals surface area contributed by atoms with E-state index in [1.54, 1.807) is 49.6 Å². The molecule has 0 aliphatic heterocycles. The van der Waals surface area contributed by atoms with E-state index in [9.17, 15) is 13.2 Å². The molecule has 0 N–H and O–H groups in total. The van der Waals surface area contributed by atoms with E-state index in [1.165, 1.54) is 0 Å². The summed E-state index contributed by atoms with van der Waals surface area (Å²) < 4.78 is 54.5. The lowest BCUT2D eigenvalue weighted by Gasteiger charge is -2.29. The zero-order chi connectivity index (χ0) is 24.8. The lowest BCUT2D eigenvalue weighted by molar-refractivity contribution is 0.131. The fourth-order valence-corrected chi connectivity index (χ4v) is 5.07. The van der Waals surface area contributed by atoms with Gasteiger partial charge in [0.25, 0.3) is 0 Å². The van der Waals surface area contributed by atoms with Crippen LogP contribution in [0.2, 0.25) is 0 Å². The van der Waals surface area contributed by atoms with Crippen molar-refractivity contribution in [1.82, 2.24) is 0 Å². The molecule has 0 aromatic heterocycles. The summed E-state index contributed by atoms with van der Waals surface area (Å²) in [6.45, 7) is 2.76. The Labute approximate surface area is 206 Å². The molecule has 35 heavy (non-hydrogen) atoms. The van der Waals surface area contributed by atoms with Crippen LogP contribution in [0.4, 0.5) is 13.2 Å². The first-order valence-electron chi connectivity index (χ1n) is 12.5. The first kappa shape index (κ1) is 25.3. The Balaban J connectivity index is 1.32. The zero-order valence-electron chi connectivity index (χ0n) is 20.5. The number of rotatable bonds is 9. The maximum atomic E-state index is 14.8. The Morgan fingerprint density at radius 2 is 1.54 bits per heavy atom. The van der Waals surface area contributed by atoms with Crippen LogP contribution in [0.1, 0.15) is 61.6 Å². The van der Waals surface area contributed by atoms with Gasteiger partial charge in [-0.05, 0) is 92.2 Å². The van der Waals surface area contributed by atoms with E-state index in [2.05, 4.69) is 0 Å². The summed E-state index contributed by atoms with van der Waals surface area (Å²) in [5, 5.41) is 0. The quantitative estimate of drug-likeness (QED) is 0.306. The van der Waals surface area contributed by atoms with Crippen molar-refractivity contribution in [1.29, 1.82) is 0 Å². The van der Waals surface area contributed by atoms with E-state index >= 15 is 0 Å². The average Bonchev–Trinajstić information content (AvgIpc) is 2.89. The molecule has 0 heterocycles. The second-order valence-corrected chi connectivity index (χ2v) is 9.37. The summed E-state index contributed by atoms with van der Waals surface area (Å²) in [6, 6.07) is 15.8. The van der Waals surface area contributed by atoms with E-state index in [-0.39, 0.29) is 11.4 Å². The fourth-order valence-electron chi connectivity index (χ4n) is 5.07. The highest BCUT2D eigenvalue weighted by Gasteiger charge is 2.24. The van der Waals surface area contributed by atoms with Crippen molar-refractivity contribution in [3.63, 3.8) is 0 Å². The third-order valence-electron chi connectivity index (χ3n) is 7.24. The standard InChI is InChI=1S/C30H33F3O2/c1-3-35-19-25-11-10-24(18-28(25)31)21-7-4-20(5-8-21)6-9-23-14-17-27(30(33)29(23)32)22-12-15-26(34-2)16-13-22/h10-18,20-21H,3-9,19H2,1-2H3. The first-order valence-corrected chi connectivity index (χ1v) is 12.5. The van der Waals surface area contributed by atoms with Crippen LogP contribution >= 0.6 is 0 Å². The maximum absolute atomic E-state index is 14.8. The van der Waals surface area contributed by atoms with E-state index in [0.717, 1.165) is 37.7 Å². The molecule has 0 unspecified atom stereocenters. The molecular formula is C30H33F3O2. The van der Waals surface area contributed by atoms with Crippen LogP contribution in [0.25, 0.3) is 11.1 Å². The van der Waals surface area contributed by atoms with E-state index in [0.29, 0.717) is 53.9 Å². The highest BCUT2D eigenvalue weighted by molar-refractivity contribution is 5.65. The van der Waals surface area contributed by atoms with Crippen molar-refractivity contribution in [2.45, 2.75) is 58.0 Å². The lowest BCUT2D eigenvalue weighted by atomic mass is 9.76. The largest absolute Gasteiger partial charge is 0.497 e. The third kappa shape index (κ3) is 6.07. The predicted molar refractivity (Wildman–Crippen MR) is 133 cm³/mol. The SMILES string of the molecule is CCOCc1ccc(C2CCC(CCc3ccc(-c4ccc(OC)cc4)c(F)c3F)CC2)cc1F. The summed E-state index contributed by atoms with van der Waals surface area (Å²) in [5.74, 6) is -0.268. The van der Waals surface area contributed by atoms with Crippen LogP contribution in [-0.2, 0) is 17.8 Å². The number of aryl methyl sites for hydroxylation is 1. The summed E-state index contributed by atoms with van der Waals surface area (Å²) in [5.41, 5.74) is 2.94. The number of hydrogen-bond acceptors (Lipinski definition) is 2. The molecule has 0 saturated heterocycles. The number of methoxy groups -OCH3 is 1. The Morgan fingerprint density at radius 3 is 2.20 bits per heavy atom. The van der Waals surface area contributed by atoms with Gasteiger partial charge in [0.2, 0.25) is 0 Å². The number of ether oxygens (including phenoxy) is 2. The van der Waals surface area contributed by atoms with Crippen LogP contribution in [0.15, 0.2) is 54.6 Å². The number of halogens is 3. The third-order valence-corrected chi connectivity index (χ3v) is 7.24. The van der Waals surface area contributed by atoms with Crippen LogP contribution < -0.4 is 4.74 Å². The average molecular weight is 483 g/mol. The summed E-state index contributed by atoms with van der Waals surface area (Å²) in [7, 11) is 1.57. The van der Waals surface area contributed by atoms with E-state index in [4.69, 9.17) is 9.47 Å². The molecule has 0 amide bonds. The van der Waals surface area contributed by atoms with Crippen molar-refractivity contribution < 1.29 is 22.6 Å². The fraction of sp³-hybridized carbons (Fsp3) is 0.400. The first-order chi connectivity index (χ1) is 17.0. The highest BCUT2D eigenvalue weighted by Crippen LogP contribution is 2.38. The van der Waals surface area contributed by atoms with Gasteiger partial charge >= 0.3 is 0 Å². The molecule has 186 valence electrons. The molecule has 1 fully saturated rings. The second-order valence-electron chi connectivity index (χ2n) is 9.37. The second kappa shape index (κ2) is 11.8. The Morgan fingerprint density at radius 1 is 0.829 bits per heavy atom. The van der Waals surface area contributed by atoms with Gasteiger partial charge in [0.05, 0.1) is 13.7 Å². The summed E-state index contributed by atoms with van der Waals surface area (Å²) in [6.07, 6.45) is 5.35. The van der Waals surface area contributed by atoms with Crippen molar-refractivity contribution in [2.75, 3.05) is 13.7 Å². The van der Waals surface area contributed by atoms with Gasteiger partial charge in [-0.1, -0.05) is 36.4 Å².